The highest BCUT2D eigenvalue weighted by molar-refractivity contribution is 5.82. The van der Waals surface area contributed by atoms with Gasteiger partial charge in [-0.15, -0.1) is 0 Å². The molecule has 1 aliphatic heterocycles. The molecule has 2 aromatic carbocycles. The summed E-state index contributed by atoms with van der Waals surface area (Å²) in [6.07, 6.45) is 2.45. The van der Waals surface area contributed by atoms with Crippen LogP contribution in [0.15, 0.2) is 54.6 Å². The number of amides is 2. The first kappa shape index (κ1) is 20.1. The first-order valence-corrected chi connectivity index (χ1v) is 10.1. The van der Waals surface area contributed by atoms with Gasteiger partial charge >= 0.3 is 0 Å². The predicted molar refractivity (Wildman–Crippen MR) is 112 cm³/mol. The van der Waals surface area contributed by atoms with Crippen LogP contribution in [-0.4, -0.2) is 29.8 Å². The van der Waals surface area contributed by atoms with Crippen LogP contribution in [0.1, 0.15) is 38.7 Å². The van der Waals surface area contributed by atoms with Crippen molar-refractivity contribution >= 4 is 11.8 Å². The van der Waals surface area contributed by atoms with Gasteiger partial charge in [-0.3, -0.25) is 9.59 Å². The monoisotopic (exact) mass is 378 g/mol. The zero-order valence-electron chi connectivity index (χ0n) is 16.9. The fraction of sp³-hybridized carbons (Fsp3) is 0.417. The number of primary amides is 1. The van der Waals surface area contributed by atoms with Crippen molar-refractivity contribution in [1.29, 1.82) is 0 Å². The summed E-state index contributed by atoms with van der Waals surface area (Å²) in [6, 6.07) is 18.6. The molecule has 3 rings (SSSR count). The van der Waals surface area contributed by atoms with Crippen LogP contribution in [0, 0.1) is 11.3 Å². The Morgan fingerprint density at radius 3 is 2.07 bits per heavy atom. The molecule has 2 amide bonds. The Hall–Kier alpha value is -2.62. The van der Waals surface area contributed by atoms with Gasteiger partial charge in [-0.25, -0.2) is 0 Å². The molecule has 0 spiro atoms. The number of nitrogens with zero attached hydrogens (tertiary/aromatic N) is 1. The van der Waals surface area contributed by atoms with Gasteiger partial charge in [0.15, 0.2) is 0 Å². The van der Waals surface area contributed by atoms with E-state index in [9.17, 15) is 9.59 Å². The molecule has 0 atom stereocenters. The zero-order valence-corrected chi connectivity index (χ0v) is 16.9. The van der Waals surface area contributed by atoms with Crippen molar-refractivity contribution < 1.29 is 9.59 Å². The molecule has 1 fully saturated rings. The van der Waals surface area contributed by atoms with Crippen LogP contribution in [0.5, 0.6) is 0 Å². The minimum absolute atomic E-state index is 0.181. The fourth-order valence-corrected chi connectivity index (χ4v) is 4.01. The predicted octanol–water partition coefficient (Wildman–Crippen LogP) is 4.04. The summed E-state index contributed by atoms with van der Waals surface area (Å²) in [4.78, 5) is 26.6. The summed E-state index contributed by atoms with van der Waals surface area (Å²) in [7, 11) is 0. The lowest BCUT2D eigenvalue weighted by Crippen LogP contribution is -2.50. The summed E-state index contributed by atoms with van der Waals surface area (Å²) in [5.74, 6) is 0.273. The second-order valence-electron chi connectivity index (χ2n) is 8.36. The second kappa shape index (κ2) is 8.59. The van der Waals surface area contributed by atoms with Crippen LogP contribution in [0.2, 0.25) is 0 Å². The summed E-state index contributed by atoms with van der Waals surface area (Å²) in [5, 5.41) is 0. The molecule has 0 radical (unpaired) electrons. The number of rotatable bonds is 6. The van der Waals surface area contributed by atoms with E-state index in [1.54, 1.807) is 0 Å². The molecule has 0 aliphatic carbocycles. The topological polar surface area (TPSA) is 63.4 Å². The quantitative estimate of drug-likeness (QED) is 0.825. The molecule has 148 valence electrons. The van der Waals surface area contributed by atoms with Crippen molar-refractivity contribution in [3.05, 3.63) is 60.2 Å². The van der Waals surface area contributed by atoms with E-state index in [1.807, 2.05) is 23.1 Å². The van der Waals surface area contributed by atoms with Crippen molar-refractivity contribution in [3.8, 4) is 11.1 Å². The largest absolute Gasteiger partial charge is 0.369 e. The first-order chi connectivity index (χ1) is 13.4. The number of nitrogens with two attached hydrogens (primary N) is 1. The first-order valence-electron chi connectivity index (χ1n) is 10.1. The van der Waals surface area contributed by atoms with Crippen molar-refractivity contribution in [1.82, 2.24) is 4.90 Å². The molecule has 1 saturated heterocycles. The van der Waals surface area contributed by atoms with E-state index in [2.05, 4.69) is 50.2 Å². The highest BCUT2D eigenvalue weighted by Crippen LogP contribution is 2.36. The van der Waals surface area contributed by atoms with E-state index >= 15 is 0 Å². The number of carbonyl (C=O) groups excluding carboxylic acids is 2. The minimum atomic E-state index is -0.567. The molecule has 0 saturated carbocycles. The second-order valence-corrected chi connectivity index (χ2v) is 8.36. The normalized spacial score (nSPS) is 16.2. The number of carbonyl (C=O) groups is 2. The van der Waals surface area contributed by atoms with Gasteiger partial charge in [0.25, 0.3) is 0 Å². The van der Waals surface area contributed by atoms with Gasteiger partial charge in [0.2, 0.25) is 11.8 Å². The summed E-state index contributed by atoms with van der Waals surface area (Å²) in [6.45, 7) is 5.32. The molecule has 4 heteroatoms. The smallest absolute Gasteiger partial charge is 0.224 e. The molecule has 4 nitrogen and oxygen atoms in total. The van der Waals surface area contributed by atoms with Crippen LogP contribution in [0.25, 0.3) is 11.1 Å². The Bertz CT molecular complexity index is 804. The number of piperidine rings is 1. The summed E-state index contributed by atoms with van der Waals surface area (Å²) >= 11 is 0. The maximum atomic E-state index is 12.3. The number of hydrogen-bond donors (Lipinski definition) is 1. The van der Waals surface area contributed by atoms with Crippen LogP contribution in [0.4, 0.5) is 0 Å². The third-order valence-electron chi connectivity index (χ3n) is 5.78. The molecule has 2 aromatic rings. The van der Waals surface area contributed by atoms with Crippen molar-refractivity contribution in [2.45, 2.75) is 39.5 Å². The van der Waals surface area contributed by atoms with Crippen molar-refractivity contribution in [2.24, 2.45) is 17.1 Å². The Balaban J connectivity index is 1.69. The molecule has 1 aliphatic rings. The van der Waals surface area contributed by atoms with Crippen molar-refractivity contribution in [2.75, 3.05) is 13.1 Å². The number of benzene rings is 2. The van der Waals surface area contributed by atoms with E-state index < -0.39 is 5.41 Å². The van der Waals surface area contributed by atoms with Crippen LogP contribution in [-0.2, 0) is 16.0 Å². The molecule has 28 heavy (non-hydrogen) atoms. The number of hydrogen-bond acceptors (Lipinski definition) is 2. The van der Waals surface area contributed by atoms with Crippen molar-refractivity contribution in [3.63, 3.8) is 0 Å². The Labute approximate surface area is 167 Å². The molecular weight excluding hydrogens is 348 g/mol. The van der Waals surface area contributed by atoms with E-state index in [0.29, 0.717) is 44.7 Å². The molecule has 2 N–H and O–H groups in total. The molecule has 0 unspecified atom stereocenters. The van der Waals surface area contributed by atoms with E-state index in [-0.39, 0.29) is 11.8 Å². The van der Waals surface area contributed by atoms with Crippen LogP contribution in [0.3, 0.4) is 0 Å². The number of likely N-dealkylation sites (tertiary alicyclic amines) is 1. The molecule has 0 bridgehead atoms. The van der Waals surface area contributed by atoms with Gasteiger partial charge in [0.1, 0.15) is 0 Å². The molecule has 0 aromatic heterocycles. The zero-order chi connectivity index (χ0) is 20.1. The lowest BCUT2D eigenvalue weighted by Gasteiger charge is -2.40. The SMILES string of the molecule is CC(C)CC(=O)N1CCC(Cc2ccc(-c3ccccc3)cc2)(C(N)=O)CC1. The Morgan fingerprint density at radius 2 is 1.54 bits per heavy atom. The van der Waals surface area contributed by atoms with Gasteiger partial charge in [-0.2, -0.15) is 0 Å². The average molecular weight is 379 g/mol. The van der Waals surface area contributed by atoms with Crippen LogP contribution >= 0.6 is 0 Å². The Kier molecular flexibility index (Phi) is 6.18. The van der Waals surface area contributed by atoms with Gasteiger partial charge in [0, 0.05) is 19.5 Å². The van der Waals surface area contributed by atoms with Gasteiger partial charge in [-0.05, 0) is 41.9 Å². The highest BCUT2D eigenvalue weighted by Gasteiger charge is 2.40. The Morgan fingerprint density at radius 1 is 0.964 bits per heavy atom. The van der Waals surface area contributed by atoms with Gasteiger partial charge < -0.3 is 10.6 Å². The summed E-state index contributed by atoms with van der Waals surface area (Å²) in [5.41, 5.74) is 8.71. The van der Waals surface area contributed by atoms with E-state index in [4.69, 9.17) is 5.73 Å². The molecular formula is C24H30N2O2. The lowest BCUT2D eigenvalue weighted by atomic mass is 9.73. The third-order valence-corrected chi connectivity index (χ3v) is 5.78. The lowest BCUT2D eigenvalue weighted by molar-refractivity contribution is -0.139. The van der Waals surface area contributed by atoms with Gasteiger partial charge in [0.05, 0.1) is 5.41 Å². The van der Waals surface area contributed by atoms with E-state index in [1.165, 1.54) is 5.56 Å². The highest BCUT2D eigenvalue weighted by atomic mass is 16.2. The minimum Gasteiger partial charge on any atom is -0.369 e. The molecule has 1 heterocycles. The standard InChI is InChI=1S/C24H30N2O2/c1-18(2)16-22(27)26-14-12-24(13-15-26,23(25)28)17-19-8-10-21(11-9-19)20-6-4-3-5-7-20/h3-11,18H,12-17H2,1-2H3,(H2,25,28). The average Bonchev–Trinajstić information content (AvgIpc) is 2.69. The van der Waals surface area contributed by atoms with Gasteiger partial charge in [-0.1, -0.05) is 68.4 Å². The maximum absolute atomic E-state index is 12.3. The third kappa shape index (κ3) is 4.61. The van der Waals surface area contributed by atoms with E-state index in [0.717, 1.165) is 11.1 Å². The maximum Gasteiger partial charge on any atom is 0.224 e. The fourth-order valence-electron chi connectivity index (χ4n) is 4.01. The summed E-state index contributed by atoms with van der Waals surface area (Å²) < 4.78 is 0. The van der Waals surface area contributed by atoms with Crippen LogP contribution < -0.4 is 5.73 Å².